The number of nitrogen functional groups attached to an aromatic ring is 1. The normalized spacial score (nSPS) is 10.6. The topological polar surface area (TPSA) is 73.1 Å². The van der Waals surface area contributed by atoms with Gasteiger partial charge in [-0.05, 0) is 24.1 Å². The van der Waals surface area contributed by atoms with Crippen LogP contribution in [0.3, 0.4) is 0 Å². The average molecular weight is 323 g/mol. The minimum Gasteiger partial charge on any atom is -0.438 e. The quantitative estimate of drug-likeness (QED) is 0.666. The second-order valence-corrected chi connectivity index (χ2v) is 5.22. The number of rotatable bonds is 4. The van der Waals surface area contributed by atoms with Gasteiger partial charge in [0.25, 0.3) is 0 Å². The molecule has 0 radical (unpaired) electrons. The van der Waals surface area contributed by atoms with E-state index in [4.69, 9.17) is 10.6 Å². The molecule has 1 heterocycles. The number of halogens is 1. The Balaban J connectivity index is 2.39. The zero-order chi connectivity index (χ0) is 13.8. The van der Waals surface area contributed by atoms with E-state index in [2.05, 4.69) is 31.3 Å². The molecule has 0 amide bonds. The van der Waals surface area contributed by atoms with Crippen LogP contribution in [-0.4, -0.2) is 9.97 Å². The number of nitrogens with zero attached hydrogens (tertiary/aromatic N) is 2. The lowest BCUT2D eigenvalue weighted by atomic mass is 10.1. The summed E-state index contributed by atoms with van der Waals surface area (Å²) in [4.78, 5) is 8.29. The van der Waals surface area contributed by atoms with Gasteiger partial charge in [-0.3, -0.25) is 0 Å². The van der Waals surface area contributed by atoms with E-state index in [0.29, 0.717) is 17.4 Å². The molecule has 0 bridgehead atoms. The van der Waals surface area contributed by atoms with Crippen LogP contribution in [-0.2, 0) is 0 Å². The Kier molecular flexibility index (Phi) is 4.34. The minimum atomic E-state index is 0.189. The summed E-state index contributed by atoms with van der Waals surface area (Å²) in [5, 5.41) is 0. The Morgan fingerprint density at radius 3 is 2.74 bits per heavy atom. The van der Waals surface area contributed by atoms with E-state index in [1.165, 1.54) is 6.33 Å². The fraction of sp³-hybridized carbons (Fsp3) is 0.231. The molecule has 19 heavy (non-hydrogen) atoms. The summed E-state index contributed by atoms with van der Waals surface area (Å²) in [6, 6.07) is 7.58. The third kappa shape index (κ3) is 3.21. The molecule has 2 aromatic rings. The molecule has 1 aromatic heterocycles. The van der Waals surface area contributed by atoms with Gasteiger partial charge in [0.2, 0.25) is 5.88 Å². The molecular formula is C13H15BrN4O. The van der Waals surface area contributed by atoms with Crippen molar-refractivity contribution in [3.05, 3.63) is 40.6 Å². The molecule has 0 aliphatic carbocycles. The highest BCUT2D eigenvalue weighted by Gasteiger charge is 2.16. The van der Waals surface area contributed by atoms with Crippen molar-refractivity contribution >= 4 is 21.7 Å². The summed E-state index contributed by atoms with van der Waals surface area (Å²) in [5.74, 6) is 7.46. The van der Waals surface area contributed by atoms with Crippen molar-refractivity contribution in [2.24, 2.45) is 5.84 Å². The molecule has 6 heteroatoms. The molecule has 100 valence electrons. The van der Waals surface area contributed by atoms with Crippen LogP contribution in [0.4, 0.5) is 5.82 Å². The van der Waals surface area contributed by atoms with Gasteiger partial charge in [-0.2, -0.15) is 0 Å². The summed E-state index contributed by atoms with van der Waals surface area (Å²) in [7, 11) is 0. The zero-order valence-electron chi connectivity index (χ0n) is 10.7. The van der Waals surface area contributed by atoms with Crippen molar-refractivity contribution in [1.29, 1.82) is 0 Å². The van der Waals surface area contributed by atoms with Crippen LogP contribution in [0.25, 0.3) is 0 Å². The van der Waals surface area contributed by atoms with Gasteiger partial charge in [0.05, 0.1) is 5.56 Å². The number of nitrogens with one attached hydrogen (secondary N) is 1. The van der Waals surface area contributed by atoms with Crippen LogP contribution in [0, 0.1) is 0 Å². The average Bonchev–Trinajstić information content (AvgIpc) is 2.38. The molecule has 1 aromatic carbocycles. The van der Waals surface area contributed by atoms with Gasteiger partial charge >= 0.3 is 0 Å². The number of nitrogens with two attached hydrogens (primary N) is 1. The minimum absolute atomic E-state index is 0.189. The number of benzene rings is 1. The maximum Gasteiger partial charge on any atom is 0.227 e. The first-order valence-corrected chi connectivity index (χ1v) is 6.66. The molecule has 0 spiro atoms. The highest BCUT2D eigenvalue weighted by Crippen LogP contribution is 2.33. The predicted molar refractivity (Wildman–Crippen MR) is 78.1 cm³/mol. The molecule has 2 rings (SSSR count). The molecule has 3 N–H and O–H groups in total. The van der Waals surface area contributed by atoms with Gasteiger partial charge in [0.1, 0.15) is 12.1 Å². The second kappa shape index (κ2) is 5.99. The zero-order valence-corrected chi connectivity index (χ0v) is 12.3. The van der Waals surface area contributed by atoms with Crippen LogP contribution in [0.15, 0.2) is 35.1 Å². The first-order valence-electron chi connectivity index (χ1n) is 5.86. The van der Waals surface area contributed by atoms with Crippen molar-refractivity contribution in [2.45, 2.75) is 19.8 Å². The smallest absolute Gasteiger partial charge is 0.227 e. The first-order chi connectivity index (χ1) is 9.11. The number of hydrogen-bond acceptors (Lipinski definition) is 5. The standard InChI is InChI=1S/C13H15BrN4O/c1-8(2)11-12(18-15)16-7-17-13(11)19-10-5-3-4-9(14)6-10/h3-8H,15H2,1-2H3,(H,16,17,18). The van der Waals surface area contributed by atoms with Gasteiger partial charge in [0, 0.05) is 4.47 Å². The molecular weight excluding hydrogens is 308 g/mol. The lowest BCUT2D eigenvalue weighted by molar-refractivity contribution is 0.451. The van der Waals surface area contributed by atoms with Crippen LogP contribution in [0.5, 0.6) is 11.6 Å². The second-order valence-electron chi connectivity index (χ2n) is 4.30. The third-order valence-corrected chi connectivity index (χ3v) is 3.07. The Labute approximate surface area is 120 Å². The molecule has 0 atom stereocenters. The summed E-state index contributed by atoms with van der Waals surface area (Å²) >= 11 is 3.41. The summed E-state index contributed by atoms with van der Waals surface area (Å²) in [6.45, 7) is 4.07. The number of ether oxygens (including phenoxy) is 1. The molecule has 0 saturated heterocycles. The maximum atomic E-state index is 5.82. The van der Waals surface area contributed by atoms with E-state index in [0.717, 1.165) is 10.0 Å². The molecule has 0 aliphatic rings. The number of aromatic nitrogens is 2. The molecule has 0 saturated carbocycles. The third-order valence-electron chi connectivity index (χ3n) is 2.57. The van der Waals surface area contributed by atoms with Crippen molar-refractivity contribution in [3.8, 4) is 11.6 Å². The predicted octanol–water partition coefficient (Wildman–Crippen LogP) is 3.44. The lowest BCUT2D eigenvalue weighted by Gasteiger charge is -2.15. The SMILES string of the molecule is CC(C)c1c(NN)ncnc1Oc1cccc(Br)c1. The van der Waals surface area contributed by atoms with Crippen LogP contribution < -0.4 is 16.0 Å². The summed E-state index contributed by atoms with van der Waals surface area (Å²) in [6.07, 6.45) is 1.42. The lowest BCUT2D eigenvalue weighted by Crippen LogP contribution is -2.13. The first kappa shape index (κ1) is 13.8. The molecule has 5 nitrogen and oxygen atoms in total. The van der Waals surface area contributed by atoms with E-state index >= 15 is 0 Å². The Hall–Kier alpha value is -1.66. The Morgan fingerprint density at radius 2 is 2.11 bits per heavy atom. The van der Waals surface area contributed by atoms with E-state index in [-0.39, 0.29) is 5.92 Å². The van der Waals surface area contributed by atoms with Crippen molar-refractivity contribution < 1.29 is 4.74 Å². The van der Waals surface area contributed by atoms with Gasteiger partial charge in [-0.25, -0.2) is 15.8 Å². The van der Waals surface area contributed by atoms with Crippen LogP contribution >= 0.6 is 15.9 Å². The molecule has 0 aliphatic heterocycles. The van der Waals surface area contributed by atoms with Crippen LogP contribution in [0.1, 0.15) is 25.3 Å². The monoisotopic (exact) mass is 322 g/mol. The van der Waals surface area contributed by atoms with Gasteiger partial charge in [-0.15, -0.1) is 0 Å². The summed E-state index contributed by atoms with van der Waals surface area (Å²) < 4.78 is 6.76. The number of hydrazine groups is 1. The van der Waals surface area contributed by atoms with E-state index in [1.54, 1.807) is 0 Å². The maximum absolute atomic E-state index is 5.82. The Bertz CT molecular complexity index is 574. The van der Waals surface area contributed by atoms with Gasteiger partial charge in [0.15, 0.2) is 5.82 Å². The van der Waals surface area contributed by atoms with Crippen LogP contribution in [0.2, 0.25) is 0 Å². The molecule has 0 unspecified atom stereocenters. The molecule has 0 fully saturated rings. The highest BCUT2D eigenvalue weighted by molar-refractivity contribution is 9.10. The Morgan fingerprint density at radius 1 is 1.32 bits per heavy atom. The fourth-order valence-corrected chi connectivity index (χ4v) is 2.12. The largest absolute Gasteiger partial charge is 0.438 e. The number of hydrogen-bond donors (Lipinski definition) is 2. The number of anilines is 1. The summed E-state index contributed by atoms with van der Waals surface area (Å²) in [5.41, 5.74) is 3.43. The van der Waals surface area contributed by atoms with Crippen molar-refractivity contribution in [3.63, 3.8) is 0 Å². The van der Waals surface area contributed by atoms with E-state index < -0.39 is 0 Å². The van der Waals surface area contributed by atoms with E-state index in [1.807, 2.05) is 38.1 Å². The van der Waals surface area contributed by atoms with Crippen molar-refractivity contribution in [2.75, 3.05) is 5.43 Å². The highest BCUT2D eigenvalue weighted by atomic mass is 79.9. The van der Waals surface area contributed by atoms with Crippen molar-refractivity contribution in [1.82, 2.24) is 9.97 Å². The fourth-order valence-electron chi connectivity index (χ4n) is 1.74. The van der Waals surface area contributed by atoms with Gasteiger partial charge < -0.3 is 10.2 Å². The van der Waals surface area contributed by atoms with E-state index in [9.17, 15) is 0 Å². The van der Waals surface area contributed by atoms with Gasteiger partial charge in [-0.1, -0.05) is 35.8 Å².